The highest BCUT2D eigenvalue weighted by molar-refractivity contribution is 5.88. The normalized spacial score (nSPS) is 16.5. The number of hydrogen-bond donors (Lipinski definition) is 1. The van der Waals surface area contributed by atoms with Crippen LogP contribution in [-0.4, -0.2) is 49.2 Å². The maximum atomic E-state index is 13.0. The van der Waals surface area contributed by atoms with Gasteiger partial charge >= 0.3 is 0 Å². The van der Waals surface area contributed by atoms with Gasteiger partial charge in [-0.1, -0.05) is 23.4 Å². The van der Waals surface area contributed by atoms with E-state index in [4.69, 9.17) is 4.52 Å². The van der Waals surface area contributed by atoms with Crippen molar-refractivity contribution in [3.8, 4) is 11.4 Å². The first-order chi connectivity index (χ1) is 15.2. The predicted molar refractivity (Wildman–Crippen MR) is 112 cm³/mol. The van der Waals surface area contributed by atoms with Crippen LogP contribution in [0.3, 0.4) is 0 Å². The zero-order valence-corrected chi connectivity index (χ0v) is 16.7. The second-order valence-electron chi connectivity index (χ2n) is 7.60. The molecule has 0 radical (unpaired) electrons. The van der Waals surface area contributed by atoms with Crippen LogP contribution in [0.15, 0.2) is 58.1 Å². The number of nitrogens with one attached hydrogen (secondary N) is 1. The molecule has 1 N–H and O–H groups in total. The summed E-state index contributed by atoms with van der Waals surface area (Å²) in [6, 6.07) is 10.9. The third-order valence-corrected chi connectivity index (χ3v) is 5.58. The lowest BCUT2D eigenvalue weighted by atomic mass is 9.97. The van der Waals surface area contributed by atoms with Crippen molar-refractivity contribution >= 4 is 16.7 Å². The number of carbonyl (C=O) groups is 1. The quantitative estimate of drug-likeness (QED) is 0.542. The summed E-state index contributed by atoms with van der Waals surface area (Å²) in [5, 5.41) is 11.9. The molecule has 1 fully saturated rings. The molecule has 31 heavy (non-hydrogen) atoms. The van der Waals surface area contributed by atoms with Crippen molar-refractivity contribution in [3.05, 3.63) is 70.7 Å². The van der Waals surface area contributed by atoms with Crippen LogP contribution in [0, 0.1) is 0 Å². The molecule has 1 amide bonds. The smallest absolute Gasteiger partial charge is 0.272 e. The first-order valence-corrected chi connectivity index (χ1v) is 10.2. The lowest BCUT2D eigenvalue weighted by Crippen LogP contribution is -2.40. The minimum absolute atomic E-state index is 0.0177. The van der Waals surface area contributed by atoms with Gasteiger partial charge in [-0.3, -0.25) is 14.6 Å². The second kappa shape index (κ2) is 8.10. The number of pyridine rings is 1. The second-order valence-corrected chi connectivity index (χ2v) is 7.60. The Bertz CT molecular complexity index is 1280. The lowest BCUT2D eigenvalue weighted by Gasteiger charge is -2.31. The van der Waals surface area contributed by atoms with Crippen molar-refractivity contribution in [1.82, 2.24) is 30.2 Å². The average molecular weight is 416 g/mol. The fourth-order valence-electron chi connectivity index (χ4n) is 3.98. The van der Waals surface area contributed by atoms with Crippen molar-refractivity contribution in [2.75, 3.05) is 13.1 Å². The number of likely N-dealkylation sites (tertiary alicyclic amines) is 1. The van der Waals surface area contributed by atoms with E-state index in [1.807, 2.05) is 29.2 Å². The summed E-state index contributed by atoms with van der Waals surface area (Å²) in [7, 11) is 0. The Balaban J connectivity index is 1.32. The van der Waals surface area contributed by atoms with E-state index in [2.05, 4.69) is 25.3 Å². The molecule has 1 atom stereocenters. The van der Waals surface area contributed by atoms with Crippen LogP contribution in [0.25, 0.3) is 22.2 Å². The van der Waals surface area contributed by atoms with Gasteiger partial charge in [-0.15, -0.1) is 0 Å². The number of piperidine rings is 1. The standard InChI is InChI=1S/C22H20N6O3/c29-19(11-18-16-7-1-2-8-17(16)21(30)26-25-18)28-10-4-6-15(13-28)22-24-20(27-31-22)14-5-3-9-23-12-14/h1-3,5,7-9,12,15H,4,6,10-11,13H2,(H,26,30)/t15-/m0/s1. The number of nitrogens with zero attached hydrogens (tertiary/aromatic N) is 5. The maximum Gasteiger partial charge on any atom is 0.272 e. The predicted octanol–water partition coefficient (Wildman–Crippen LogP) is 2.32. The monoisotopic (exact) mass is 416 g/mol. The number of rotatable bonds is 4. The van der Waals surface area contributed by atoms with Crippen LogP contribution in [0.5, 0.6) is 0 Å². The number of hydrogen-bond acceptors (Lipinski definition) is 7. The summed E-state index contributed by atoms with van der Waals surface area (Å²) >= 11 is 0. The van der Waals surface area contributed by atoms with Crippen LogP contribution in [-0.2, 0) is 11.2 Å². The Labute approximate surface area is 177 Å². The summed E-state index contributed by atoms with van der Waals surface area (Å²) in [4.78, 5) is 35.4. The Morgan fingerprint density at radius 1 is 1.19 bits per heavy atom. The molecule has 0 spiro atoms. The molecule has 5 rings (SSSR count). The van der Waals surface area contributed by atoms with Crippen LogP contribution in [0.1, 0.15) is 30.3 Å². The number of aromatic nitrogens is 5. The Hall–Kier alpha value is -3.88. The van der Waals surface area contributed by atoms with Crippen LogP contribution in [0.2, 0.25) is 0 Å². The fraction of sp³-hybridized carbons (Fsp3) is 0.273. The maximum absolute atomic E-state index is 13.0. The van der Waals surface area contributed by atoms with E-state index < -0.39 is 0 Å². The number of amides is 1. The van der Waals surface area contributed by atoms with Gasteiger partial charge in [0.1, 0.15) is 0 Å². The Morgan fingerprint density at radius 3 is 2.90 bits per heavy atom. The SMILES string of the molecule is O=C(Cc1n[nH]c(=O)c2ccccc12)N1CCC[C@H](c2nc(-c3cccnc3)no2)C1. The van der Waals surface area contributed by atoms with Crippen molar-refractivity contribution < 1.29 is 9.32 Å². The summed E-state index contributed by atoms with van der Waals surface area (Å²) in [6.45, 7) is 1.18. The molecule has 1 aliphatic rings. The van der Waals surface area contributed by atoms with Gasteiger partial charge in [0.2, 0.25) is 17.6 Å². The van der Waals surface area contributed by atoms with E-state index in [9.17, 15) is 9.59 Å². The first kappa shape index (κ1) is 19.1. The van der Waals surface area contributed by atoms with Crippen molar-refractivity contribution in [2.45, 2.75) is 25.2 Å². The highest BCUT2D eigenvalue weighted by Gasteiger charge is 2.29. The number of H-pyrrole nitrogens is 1. The molecular formula is C22H20N6O3. The molecule has 1 aromatic carbocycles. The largest absolute Gasteiger partial charge is 0.342 e. The van der Waals surface area contributed by atoms with Gasteiger partial charge < -0.3 is 9.42 Å². The van der Waals surface area contributed by atoms with Crippen molar-refractivity contribution in [2.24, 2.45) is 0 Å². The van der Waals surface area contributed by atoms with Gasteiger partial charge in [0.05, 0.1) is 23.4 Å². The highest BCUT2D eigenvalue weighted by Crippen LogP contribution is 2.28. The summed E-state index contributed by atoms with van der Waals surface area (Å²) in [5.41, 5.74) is 1.10. The van der Waals surface area contributed by atoms with Crippen LogP contribution in [0.4, 0.5) is 0 Å². The zero-order valence-electron chi connectivity index (χ0n) is 16.7. The van der Waals surface area contributed by atoms with E-state index in [-0.39, 0.29) is 23.8 Å². The van der Waals surface area contributed by atoms with Crippen molar-refractivity contribution in [3.63, 3.8) is 0 Å². The van der Waals surface area contributed by atoms with Crippen LogP contribution < -0.4 is 5.56 Å². The Kier molecular flexibility index (Phi) is 4.99. The van der Waals surface area contributed by atoms with E-state index >= 15 is 0 Å². The number of fused-ring (bicyclic) bond motifs is 1. The molecular weight excluding hydrogens is 396 g/mol. The van der Waals surface area contributed by atoms with Gasteiger partial charge in [0, 0.05) is 36.4 Å². The molecule has 4 aromatic rings. The van der Waals surface area contributed by atoms with Gasteiger partial charge in [-0.05, 0) is 31.0 Å². The van der Waals surface area contributed by atoms with Gasteiger partial charge in [-0.2, -0.15) is 10.1 Å². The Morgan fingerprint density at radius 2 is 2.06 bits per heavy atom. The summed E-state index contributed by atoms with van der Waals surface area (Å²) in [6.07, 6.45) is 5.22. The minimum Gasteiger partial charge on any atom is -0.342 e. The molecule has 1 aliphatic heterocycles. The van der Waals surface area contributed by atoms with E-state index in [0.717, 1.165) is 18.4 Å². The van der Waals surface area contributed by atoms with Crippen LogP contribution >= 0.6 is 0 Å². The van der Waals surface area contributed by atoms with Gasteiger partial charge in [0.15, 0.2) is 0 Å². The third-order valence-electron chi connectivity index (χ3n) is 5.58. The molecule has 4 heterocycles. The minimum atomic E-state index is -0.259. The average Bonchev–Trinajstić information content (AvgIpc) is 3.32. The molecule has 3 aromatic heterocycles. The molecule has 156 valence electrons. The number of carbonyl (C=O) groups excluding carboxylic acids is 1. The summed E-state index contributed by atoms with van der Waals surface area (Å²) < 4.78 is 5.50. The van der Waals surface area contributed by atoms with E-state index in [0.29, 0.717) is 41.3 Å². The van der Waals surface area contributed by atoms with E-state index in [1.54, 1.807) is 24.5 Å². The lowest BCUT2D eigenvalue weighted by molar-refractivity contribution is -0.131. The molecule has 0 unspecified atom stereocenters. The third kappa shape index (κ3) is 3.81. The first-order valence-electron chi connectivity index (χ1n) is 10.2. The molecule has 0 aliphatic carbocycles. The van der Waals surface area contributed by atoms with Gasteiger partial charge in [-0.25, -0.2) is 5.10 Å². The number of aromatic amines is 1. The molecule has 0 bridgehead atoms. The molecule has 9 nitrogen and oxygen atoms in total. The summed E-state index contributed by atoms with van der Waals surface area (Å²) in [5.74, 6) is 0.969. The topological polar surface area (TPSA) is 118 Å². The zero-order chi connectivity index (χ0) is 21.2. The highest BCUT2D eigenvalue weighted by atomic mass is 16.5. The number of benzene rings is 1. The van der Waals surface area contributed by atoms with E-state index in [1.165, 1.54) is 0 Å². The molecule has 0 saturated carbocycles. The van der Waals surface area contributed by atoms with Crippen molar-refractivity contribution in [1.29, 1.82) is 0 Å². The fourth-order valence-corrected chi connectivity index (χ4v) is 3.98. The molecule has 9 heteroatoms. The molecule has 1 saturated heterocycles. The van der Waals surface area contributed by atoms with Gasteiger partial charge in [0.25, 0.3) is 5.56 Å².